The van der Waals surface area contributed by atoms with E-state index < -0.39 is 0 Å². The molecule has 1 aliphatic heterocycles. The lowest BCUT2D eigenvalue weighted by molar-refractivity contribution is 0.144. The van der Waals surface area contributed by atoms with Gasteiger partial charge in [-0.3, -0.25) is 0 Å². The van der Waals surface area contributed by atoms with Gasteiger partial charge in [0.2, 0.25) is 0 Å². The normalized spacial score (nSPS) is 21.6. The van der Waals surface area contributed by atoms with Gasteiger partial charge in [-0.05, 0) is 49.3 Å². The molecule has 1 aromatic rings. The first-order chi connectivity index (χ1) is 9.72. The molecule has 20 heavy (non-hydrogen) atoms. The summed E-state index contributed by atoms with van der Waals surface area (Å²) in [5.41, 5.74) is 8.76. The van der Waals surface area contributed by atoms with E-state index >= 15 is 0 Å². The molecular formula is C17H23N3. The van der Waals surface area contributed by atoms with Crippen molar-refractivity contribution >= 4 is 11.4 Å². The highest BCUT2D eigenvalue weighted by Crippen LogP contribution is 2.45. The number of piperidine rings is 1. The van der Waals surface area contributed by atoms with Crippen LogP contribution >= 0.6 is 0 Å². The fourth-order valence-corrected chi connectivity index (χ4v) is 3.88. The maximum absolute atomic E-state index is 9.09. The Morgan fingerprint density at radius 2 is 1.75 bits per heavy atom. The zero-order valence-corrected chi connectivity index (χ0v) is 12.1. The number of hydrogen-bond acceptors (Lipinski definition) is 3. The Morgan fingerprint density at radius 1 is 1.05 bits per heavy atom. The molecule has 0 aromatic heterocycles. The van der Waals surface area contributed by atoms with Crippen LogP contribution in [0.4, 0.5) is 11.4 Å². The van der Waals surface area contributed by atoms with E-state index in [0.717, 1.165) is 18.8 Å². The van der Waals surface area contributed by atoms with Crippen molar-refractivity contribution < 1.29 is 0 Å². The fourth-order valence-electron chi connectivity index (χ4n) is 3.88. The highest BCUT2D eigenvalue weighted by molar-refractivity contribution is 5.62. The van der Waals surface area contributed by atoms with E-state index in [0.29, 0.717) is 16.7 Å². The van der Waals surface area contributed by atoms with E-state index in [9.17, 15) is 0 Å². The van der Waals surface area contributed by atoms with Crippen molar-refractivity contribution in [3.63, 3.8) is 0 Å². The highest BCUT2D eigenvalue weighted by atomic mass is 15.1. The summed E-state index contributed by atoms with van der Waals surface area (Å²) >= 11 is 0. The average molecular weight is 269 g/mol. The molecule has 1 saturated heterocycles. The predicted molar refractivity (Wildman–Crippen MR) is 82.5 cm³/mol. The number of anilines is 2. The van der Waals surface area contributed by atoms with Crippen LogP contribution in [0.1, 0.15) is 50.5 Å². The zero-order chi connectivity index (χ0) is 14.0. The first-order valence-electron chi connectivity index (χ1n) is 7.77. The smallest absolute Gasteiger partial charge is 0.101 e. The molecule has 0 unspecified atom stereocenters. The third kappa shape index (κ3) is 2.47. The molecule has 0 radical (unpaired) electrons. The van der Waals surface area contributed by atoms with Gasteiger partial charge in [-0.2, -0.15) is 5.26 Å². The molecule has 3 rings (SSSR count). The van der Waals surface area contributed by atoms with Gasteiger partial charge in [0.15, 0.2) is 0 Å². The van der Waals surface area contributed by atoms with Crippen LogP contribution in [0.15, 0.2) is 18.2 Å². The molecule has 0 bridgehead atoms. The van der Waals surface area contributed by atoms with Crippen molar-refractivity contribution in [3.05, 3.63) is 23.8 Å². The fraction of sp³-hybridized carbons (Fsp3) is 0.588. The lowest BCUT2D eigenvalue weighted by Crippen LogP contribution is -2.41. The molecular weight excluding hydrogens is 246 g/mol. The van der Waals surface area contributed by atoms with Crippen molar-refractivity contribution in [2.24, 2.45) is 5.41 Å². The van der Waals surface area contributed by atoms with Crippen molar-refractivity contribution in [2.75, 3.05) is 23.7 Å². The Bertz CT molecular complexity index is 514. The summed E-state index contributed by atoms with van der Waals surface area (Å²) in [5.74, 6) is 0. The highest BCUT2D eigenvalue weighted by Gasteiger charge is 2.35. The Balaban J connectivity index is 1.70. The molecule has 2 fully saturated rings. The van der Waals surface area contributed by atoms with Crippen molar-refractivity contribution in [1.82, 2.24) is 0 Å². The topological polar surface area (TPSA) is 53.0 Å². The molecule has 0 atom stereocenters. The van der Waals surface area contributed by atoms with Gasteiger partial charge in [0, 0.05) is 24.5 Å². The van der Waals surface area contributed by atoms with Crippen molar-refractivity contribution in [2.45, 2.75) is 44.9 Å². The second-order valence-corrected chi connectivity index (χ2v) is 6.43. The van der Waals surface area contributed by atoms with Gasteiger partial charge in [0.1, 0.15) is 6.07 Å². The van der Waals surface area contributed by atoms with E-state index in [-0.39, 0.29) is 0 Å². The lowest BCUT2D eigenvalue weighted by atomic mass is 9.68. The summed E-state index contributed by atoms with van der Waals surface area (Å²) in [6, 6.07) is 8.03. The number of nitrogen functional groups attached to an aromatic ring is 1. The summed E-state index contributed by atoms with van der Waals surface area (Å²) in [6.45, 7) is 2.24. The van der Waals surface area contributed by atoms with Crippen LogP contribution in [-0.2, 0) is 0 Å². The van der Waals surface area contributed by atoms with E-state index in [1.165, 1.54) is 44.9 Å². The molecule has 2 aliphatic rings. The standard InChI is InChI=1S/C17H23N3/c18-13-14-12-15(4-5-16(14)19)20-10-8-17(9-11-20)6-2-1-3-7-17/h4-5,12H,1-3,6-11,19H2. The Labute approximate surface area is 121 Å². The predicted octanol–water partition coefficient (Wildman–Crippen LogP) is 3.69. The van der Waals surface area contributed by atoms with E-state index in [2.05, 4.69) is 17.0 Å². The summed E-state index contributed by atoms with van der Waals surface area (Å²) in [6.07, 6.45) is 9.71. The molecule has 1 saturated carbocycles. The van der Waals surface area contributed by atoms with Crippen LogP contribution in [0.2, 0.25) is 0 Å². The van der Waals surface area contributed by atoms with Gasteiger partial charge in [0.05, 0.1) is 5.56 Å². The average Bonchev–Trinajstić information content (AvgIpc) is 2.50. The molecule has 1 heterocycles. The molecule has 2 N–H and O–H groups in total. The minimum Gasteiger partial charge on any atom is -0.398 e. The van der Waals surface area contributed by atoms with Gasteiger partial charge >= 0.3 is 0 Å². The maximum atomic E-state index is 9.09. The SMILES string of the molecule is N#Cc1cc(N2CCC3(CCCCC3)CC2)ccc1N. The number of rotatable bonds is 1. The van der Waals surface area contributed by atoms with E-state index in [1.807, 2.05) is 12.1 Å². The van der Waals surface area contributed by atoms with Crippen molar-refractivity contribution in [3.8, 4) is 6.07 Å². The first-order valence-corrected chi connectivity index (χ1v) is 7.77. The number of nitrogens with two attached hydrogens (primary N) is 1. The summed E-state index contributed by atoms with van der Waals surface area (Å²) < 4.78 is 0. The molecule has 106 valence electrons. The van der Waals surface area contributed by atoms with Crippen LogP contribution in [-0.4, -0.2) is 13.1 Å². The molecule has 1 aliphatic carbocycles. The van der Waals surface area contributed by atoms with E-state index in [1.54, 1.807) is 0 Å². The number of benzene rings is 1. The maximum Gasteiger partial charge on any atom is 0.101 e. The third-order valence-corrected chi connectivity index (χ3v) is 5.26. The number of hydrogen-bond donors (Lipinski definition) is 1. The first kappa shape index (κ1) is 13.3. The molecule has 3 heteroatoms. The van der Waals surface area contributed by atoms with Gasteiger partial charge < -0.3 is 10.6 Å². The van der Waals surface area contributed by atoms with E-state index in [4.69, 9.17) is 11.0 Å². The Morgan fingerprint density at radius 3 is 2.40 bits per heavy atom. The summed E-state index contributed by atoms with van der Waals surface area (Å²) in [5, 5.41) is 9.09. The van der Waals surface area contributed by atoms with Gasteiger partial charge in [-0.15, -0.1) is 0 Å². The number of nitrogens with zero attached hydrogens (tertiary/aromatic N) is 2. The zero-order valence-electron chi connectivity index (χ0n) is 12.1. The van der Waals surface area contributed by atoms with Gasteiger partial charge in [-0.1, -0.05) is 19.3 Å². The number of nitriles is 1. The quantitative estimate of drug-likeness (QED) is 0.791. The van der Waals surface area contributed by atoms with Gasteiger partial charge in [-0.25, -0.2) is 0 Å². The lowest BCUT2D eigenvalue weighted by Gasteiger charge is -2.45. The summed E-state index contributed by atoms with van der Waals surface area (Å²) in [4.78, 5) is 2.42. The second-order valence-electron chi connectivity index (χ2n) is 6.43. The molecule has 1 aromatic carbocycles. The molecule has 1 spiro atoms. The van der Waals surface area contributed by atoms with Gasteiger partial charge in [0.25, 0.3) is 0 Å². The van der Waals surface area contributed by atoms with Crippen LogP contribution < -0.4 is 10.6 Å². The second kappa shape index (κ2) is 5.36. The van der Waals surface area contributed by atoms with Crippen LogP contribution in [0.5, 0.6) is 0 Å². The summed E-state index contributed by atoms with van der Waals surface area (Å²) in [7, 11) is 0. The van der Waals surface area contributed by atoms with Crippen LogP contribution in [0, 0.1) is 16.7 Å². The largest absolute Gasteiger partial charge is 0.398 e. The van der Waals surface area contributed by atoms with Crippen LogP contribution in [0.3, 0.4) is 0 Å². The Hall–Kier alpha value is -1.69. The minimum atomic E-state index is 0.581. The van der Waals surface area contributed by atoms with Crippen molar-refractivity contribution in [1.29, 1.82) is 5.26 Å². The third-order valence-electron chi connectivity index (χ3n) is 5.26. The monoisotopic (exact) mass is 269 g/mol. The van der Waals surface area contributed by atoms with Crippen LogP contribution in [0.25, 0.3) is 0 Å². The minimum absolute atomic E-state index is 0.581. The Kier molecular flexibility index (Phi) is 3.56. The molecule has 3 nitrogen and oxygen atoms in total. The molecule has 0 amide bonds.